The molecule has 0 saturated heterocycles. The molecule has 2 aromatic carbocycles. The van der Waals surface area contributed by atoms with Gasteiger partial charge in [0.05, 0.1) is 24.3 Å². The topological polar surface area (TPSA) is 113 Å². The van der Waals surface area contributed by atoms with Crippen molar-refractivity contribution in [3.8, 4) is 0 Å². The molecule has 0 saturated carbocycles. The van der Waals surface area contributed by atoms with E-state index in [0.29, 0.717) is 23.3 Å². The Bertz CT molecular complexity index is 1510. The number of fused-ring (bicyclic) bond motifs is 1. The molecule has 1 aliphatic rings. The number of nitrogens with one attached hydrogen (secondary N) is 1. The fourth-order valence-corrected chi connectivity index (χ4v) is 4.65. The number of aryl methyl sites for hydroxylation is 1. The van der Waals surface area contributed by atoms with Crippen molar-refractivity contribution in [3.05, 3.63) is 106 Å². The molecule has 0 radical (unpaired) electrons. The molecule has 1 amide bonds. The number of aliphatic hydroxyl groups excluding tert-OH is 1. The molecule has 0 aliphatic carbocycles. The van der Waals surface area contributed by atoms with Gasteiger partial charge in [-0.3, -0.25) is 9.59 Å². The predicted octanol–water partition coefficient (Wildman–Crippen LogP) is 4.68. The van der Waals surface area contributed by atoms with Crippen LogP contribution in [-0.4, -0.2) is 46.3 Å². The fourth-order valence-electron chi connectivity index (χ4n) is 4.65. The van der Waals surface area contributed by atoms with Crippen molar-refractivity contribution in [2.24, 2.45) is 0 Å². The highest BCUT2D eigenvalue weighted by molar-refractivity contribution is 6.15. The van der Waals surface area contributed by atoms with E-state index in [0.717, 1.165) is 16.5 Å². The number of methoxy groups -OCH3 is 1. The molecule has 1 aliphatic heterocycles. The lowest BCUT2D eigenvalue weighted by molar-refractivity contribution is -0.129. The van der Waals surface area contributed by atoms with Gasteiger partial charge >= 0.3 is 5.97 Å². The number of esters is 1. The van der Waals surface area contributed by atoms with Crippen LogP contribution in [0.15, 0.2) is 82.6 Å². The molecular formula is C28H24N2O6. The fraction of sp³-hybridized carbons (Fsp3) is 0.179. The number of hydrogen-bond donors (Lipinski definition) is 2. The number of Topliss-reactive ketones (excluding diaryl/α,β-unsaturated/α-hetero) is 1. The molecule has 8 nitrogen and oxygen atoms in total. The third-order valence-corrected chi connectivity index (χ3v) is 6.46. The third-order valence-electron chi connectivity index (χ3n) is 6.46. The summed E-state index contributed by atoms with van der Waals surface area (Å²) in [5.41, 5.74) is 2.85. The molecular weight excluding hydrogens is 460 g/mol. The van der Waals surface area contributed by atoms with Crippen LogP contribution in [0, 0.1) is 6.92 Å². The number of ketones is 1. The smallest absolute Gasteiger partial charge is 0.337 e. The molecule has 4 aromatic rings. The minimum absolute atomic E-state index is 0.0384. The average Bonchev–Trinajstić information content (AvgIpc) is 3.59. The first kappa shape index (κ1) is 23.2. The summed E-state index contributed by atoms with van der Waals surface area (Å²) in [6.45, 7) is 1.96. The van der Waals surface area contributed by atoms with E-state index < -0.39 is 29.5 Å². The van der Waals surface area contributed by atoms with Crippen LogP contribution in [0.3, 0.4) is 0 Å². The van der Waals surface area contributed by atoms with Gasteiger partial charge in [-0.25, -0.2) is 4.79 Å². The molecule has 36 heavy (non-hydrogen) atoms. The van der Waals surface area contributed by atoms with E-state index in [4.69, 9.17) is 9.15 Å². The van der Waals surface area contributed by atoms with Crippen LogP contribution in [0.2, 0.25) is 0 Å². The van der Waals surface area contributed by atoms with E-state index in [2.05, 4.69) is 4.98 Å². The van der Waals surface area contributed by atoms with E-state index >= 15 is 0 Å². The van der Waals surface area contributed by atoms with E-state index in [1.54, 1.807) is 37.3 Å². The summed E-state index contributed by atoms with van der Waals surface area (Å²) in [6.07, 6.45) is 2.40. The highest BCUT2D eigenvalue weighted by Gasteiger charge is 2.44. The van der Waals surface area contributed by atoms with Crippen molar-refractivity contribution in [1.29, 1.82) is 0 Å². The van der Waals surface area contributed by atoms with Crippen molar-refractivity contribution >= 4 is 28.6 Å². The Hall–Kier alpha value is -4.59. The minimum atomic E-state index is -0.854. The van der Waals surface area contributed by atoms with Crippen LogP contribution in [-0.2, 0) is 16.0 Å². The zero-order valence-corrected chi connectivity index (χ0v) is 19.8. The van der Waals surface area contributed by atoms with Gasteiger partial charge in [0.15, 0.2) is 11.5 Å². The van der Waals surface area contributed by atoms with Crippen molar-refractivity contribution in [2.45, 2.75) is 19.4 Å². The second-order valence-corrected chi connectivity index (χ2v) is 8.63. The normalized spacial score (nSPS) is 15.7. The van der Waals surface area contributed by atoms with Crippen LogP contribution in [0.4, 0.5) is 0 Å². The Labute approximate surface area is 206 Å². The molecule has 1 unspecified atom stereocenters. The summed E-state index contributed by atoms with van der Waals surface area (Å²) in [7, 11) is 1.29. The van der Waals surface area contributed by atoms with Gasteiger partial charge in [0.1, 0.15) is 5.76 Å². The Morgan fingerprint density at radius 1 is 1.08 bits per heavy atom. The maximum absolute atomic E-state index is 13.4. The first-order chi connectivity index (χ1) is 17.4. The number of ether oxygens (including phenoxy) is 1. The lowest BCUT2D eigenvalue weighted by atomic mass is 9.94. The number of nitrogens with zero attached hydrogens (tertiary/aromatic N) is 1. The second kappa shape index (κ2) is 9.22. The standard InChI is InChI=1S/C28H24N2O6/c1-16-7-12-22(36-16)25(31)23-24(17-8-10-18(11-9-17)28(34)35-2)30(27(33)26(23)32)14-13-19-15-29-21-6-4-3-5-20(19)21/h3-12,15,24,29,32H,13-14H2,1-2H3. The summed E-state index contributed by atoms with van der Waals surface area (Å²) in [5.74, 6) is -1.72. The first-order valence-corrected chi connectivity index (χ1v) is 11.5. The number of amides is 1. The zero-order valence-electron chi connectivity index (χ0n) is 19.8. The highest BCUT2D eigenvalue weighted by Crippen LogP contribution is 2.39. The van der Waals surface area contributed by atoms with Gasteiger partial charge in [0.2, 0.25) is 5.78 Å². The Morgan fingerprint density at radius 3 is 2.53 bits per heavy atom. The van der Waals surface area contributed by atoms with Crippen molar-refractivity contribution in [3.63, 3.8) is 0 Å². The lowest BCUT2D eigenvalue weighted by Gasteiger charge is -2.26. The zero-order chi connectivity index (χ0) is 25.4. The van der Waals surface area contributed by atoms with Gasteiger partial charge in [-0.1, -0.05) is 30.3 Å². The first-order valence-electron chi connectivity index (χ1n) is 11.5. The molecule has 2 N–H and O–H groups in total. The number of para-hydroxylation sites is 1. The van der Waals surface area contributed by atoms with E-state index in [1.165, 1.54) is 18.1 Å². The largest absolute Gasteiger partial charge is 0.503 e. The molecule has 0 spiro atoms. The molecule has 1 atom stereocenters. The average molecular weight is 485 g/mol. The van der Waals surface area contributed by atoms with Crippen LogP contribution >= 0.6 is 0 Å². The summed E-state index contributed by atoms with van der Waals surface area (Å²) in [6, 6.07) is 16.6. The number of hydrogen-bond acceptors (Lipinski definition) is 6. The maximum Gasteiger partial charge on any atom is 0.337 e. The maximum atomic E-state index is 13.4. The summed E-state index contributed by atoms with van der Waals surface area (Å²) < 4.78 is 10.3. The third kappa shape index (κ3) is 3.96. The number of carbonyl (C=O) groups is 3. The van der Waals surface area contributed by atoms with Gasteiger partial charge in [0, 0.05) is 23.6 Å². The summed E-state index contributed by atoms with van der Waals surface area (Å²) in [5, 5.41) is 11.9. The monoisotopic (exact) mass is 484 g/mol. The second-order valence-electron chi connectivity index (χ2n) is 8.63. The number of rotatable bonds is 7. The van der Waals surface area contributed by atoms with Gasteiger partial charge < -0.3 is 24.1 Å². The SMILES string of the molecule is COC(=O)c1ccc(C2C(C(=O)c3ccc(C)o3)=C(O)C(=O)N2CCc2c[nH]c3ccccc23)cc1. The molecule has 8 heteroatoms. The number of H-pyrrole nitrogens is 1. The van der Waals surface area contributed by atoms with Crippen molar-refractivity contribution < 1.29 is 28.6 Å². The Kier molecular flexibility index (Phi) is 5.93. The number of aromatic amines is 1. The number of benzene rings is 2. The number of aliphatic hydroxyl groups is 1. The van der Waals surface area contributed by atoms with E-state index in [1.807, 2.05) is 30.5 Å². The van der Waals surface area contributed by atoms with E-state index in [9.17, 15) is 19.5 Å². The minimum Gasteiger partial charge on any atom is -0.503 e. The van der Waals surface area contributed by atoms with Gasteiger partial charge in [-0.2, -0.15) is 0 Å². The Balaban J connectivity index is 1.52. The molecule has 182 valence electrons. The number of carbonyl (C=O) groups excluding carboxylic acids is 3. The van der Waals surface area contributed by atoms with Crippen LogP contribution in [0.1, 0.15) is 43.8 Å². The highest BCUT2D eigenvalue weighted by atomic mass is 16.5. The summed E-state index contributed by atoms with van der Waals surface area (Å²) >= 11 is 0. The van der Waals surface area contributed by atoms with Crippen LogP contribution in [0.25, 0.3) is 10.9 Å². The van der Waals surface area contributed by atoms with E-state index in [-0.39, 0.29) is 17.9 Å². The lowest BCUT2D eigenvalue weighted by Crippen LogP contribution is -2.33. The molecule has 3 heterocycles. The molecule has 5 rings (SSSR count). The van der Waals surface area contributed by atoms with Crippen molar-refractivity contribution in [2.75, 3.05) is 13.7 Å². The van der Waals surface area contributed by atoms with Gasteiger partial charge in [-0.15, -0.1) is 0 Å². The molecule has 0 bridgehead atoms. The molecule has 0 fully saturated rings. The number of aromatic nitrogens is 1. The van der Waals surface area contributed by atoms with Gasteiger partial charge in [-0.05, 0) is 54.8 Å². The number of furan rings is 1. The van der Waals surface area contributed by atoms with Crippen molar-refractivity contribution in [1.82, 2.24) is 9.88 Å². The predicted molar refractivity (Wildman–Crippen MR) is 132 cm³/mol. The molecule has 2 aromatic heterocycles. The quantitative estimate of drug-likeness (QED) is 0.291. The van der Waals surface area contributed by atoms with Crippen LogP contribution in [0.5, 0.6) is 0 Å². The van der Waals surface area contributed by atoms with Crippen LogP contribution < -0.4 is 0 Å². The van der Waals surface area contributed by atoms with Gasteiger partial charge in [0.25, 0.3) is 5.91 Å². The Morgan fingerprint density at radius 2 is 1.83 bits per heavy atom. The summed E-state index contributed by atoms with van der Waals surface area (Å²) in [4.78, 5) is 43.3.